The van der Waals surface area contributed by atoms with Gasteiger partial charge in [-0.05, 0) is 19.1 Å². The van der Waals surface area contributed by atoms with Crippen molar-refractivity contribution in [1.29, 1.82) is 0 Å². The first-order valence-electron chi connectivity index (χ1n) is 5.68. The van der Waals surface area contributed by atoms with Gasteiger partial charge in [-0.15, -0.1) is 10.2 Å². The molecule has 3 rings (SSSR count). The maximum Gasteiger partial charge on any atom is 0.164 e. The Morgan fingerprint density at radius 1 is 1.41 bits per heavy atom. The smallest absolute Gasteiger partial charge is 0.164 e. The third-order valence-electron chi connectivity index (χ3n) is 3.04. The first-order chi connectivity index (χ1) is 8.25. The molecule has 0 spiro atoms. The number of halogens is 1. The van der Waals surface area contributed by atoms with Crippen molar-refractivity contribution in [1.82, 2.24) is 20.1 Å². The van der Waals surface area contributed by atoms with Gasteiger partial charge in [0.15, 0.2) is 5.82 Å². The molecule has 1 atom stereocenters. The summed E-state index contributed by atoms with van der Waals surface area (Å²) in [6.07, 6.45) is 0. The summed E-state index contributed by atoms with van der Waals surface area (Å²) in [5.74, 6) is 1.97. The van der Waals surface area contributed by atoms with E-state index in [1.54, 1.807) is 0 Å². The van der Waals surface area contributed by atoms with Crippen molar-refractivity contribution in [2.45, 2.75) is 19.5 Å². The fourth-order valence-electron chi connectivity index (χ4n) is 2.18. The molecule has 2 heterocycles. The number of nitrogens with zero attached hydrogens (tertiary/aromatic N) is 3. The third-order valence-corrected chi connectivity index (χ3v) is 3.53. The van der Waals surface area contributed by atoms with Gasteiger partial charge in [-0.3, -0.25) is 0 Å². The number of benzene rings is 1. The predicted molar refractivity (Wildman–Crippen MR) is 69.6 cm³/mol. The molecule has 2 aromatic rings. The van der Waals surface area contributed by atoms with Crippen molar-refractivity contribution < 1.29 is 0 Å². The highest BCUT2D eigenvalue weighted by molar-refractivity contribution is 9.10. The summed E-state index contributed by atoms with van der Waals surface area (Å²) in [4.78, 5) is 0. The van der Waals surface area contributed by atoms with E-state index in [0.29, 0.717) is 0 Å². The zero-order valence-electron chi connectivity index (χ0n) is 9.52. The molecule has 0 amide bonds. The summed E-state index contributed by atoms with van der Waals surface area (Å²) in [5.41, 5.74) is 1.10. The first kappa shape index (κ1) is 10.9. The van der Waals surface area contributed by atoms with Gasteiger partial charge in [0.25, 0.3) is 0 Å². The predicted octanol–water partition coefficient (Wildman–Crippen LogP) is 2.37. The van der Waals surface area contributed by atoms with Crippen LogP contribution >= 0.6 is 15.9 Å². The molecule has 1 aliphatic rings. The molecular formula is C12H13BrN4. The van der Waals surface area contributed by atoms with Gasteiger partial charge in [-0.1, -0.05) is 28.1 Å². The van der Waals surface area contributed by atoms with Crippen molar-refractivity contribution in [3.63, 3.8) is 0 Å². The van der Waals surface area contributed by atoms with Crippen LogP contribution in [0, 0.1) is 0 Å². The van der Waals surface area contributed by atoms with E-state index < -0.39 is 0 Å². The van der Waals surface area contributed by atoms with Crippen molar-refractivity contribution in [2.24, 2.45) is 0 Å². The summed E-state index contributed by atoms with van der Waals surface area (Å²) in [5, 5.41) is 12.0. The van der Waals surface area contributed by atoms with Gasteiger partial charge in [0.1, 0.15) is 5.82 Å². The normalized spacial score (nSPS) is 19.1. The molecule has 5 heteroatoms. The number of aromatic nitrogens is 3. The second kappa shape index (κ2) is 4.23. The Morgan fingerprint density at radius 3 is 3.12 bits per heavy atom. The van der Waals surface area contributed by atoms with Gasteiger partial charge >= 0.3 is 0 Å². The van der Waals surface area contributed by atoms with E-state index in [-0.39, 0.29) is 6.04 Å². The van der Waals surface area contributed by atoms with Crippen molar-refractivity contribution in [3.05, 3.63) is 34.6 Å². The van der Waals surface area contributed by atoms with E-state index in [1.807, 2.05) is 12.1 Å². The van der Waals surface area contributed by atoms with Crippen LogP contribution in [0.5, 0.6) is 0 Å². The Balaban J connectivity index is 2.10. The fourth-order valence-corrected chi connectivity index (χ4v) is 2.58. The lowest BCUT2D eigenvalue weighted by molar-refractivity contribution is 0.439. The van der Waals surface area contributed by atoms with Crippen LogP contribution in [0.1, 0.15) is 18.8 Å². The number of rotatable bonds is 1. The minimum Gasteiger partial charge on any atom is -0.308 e. The van der Waals surface area contributed by atoms with Gasteiger partial charge in [-0.2, -0.15) is 0 Å². The van der Waals surface area contributed by atoms with Crippen LogP contribution in [-0.2, 0) is 6.54 Å². The van der Waals surface area contributed by atoms with Gasteiger partial charge in [0, 0.05) is 23.1 Å². The van der Waals surface area contributed by atoms with Crippen LogP contribution in [-0.4, -0.2) is 21.3 Å². The average molecular weight is 293 g/mol. The Labute approximate surface area is 108 Å². The minimum atomic E-state index is 0.275. The second-order valence-electron chi connectivity index (χ2n) is 4.22. The van der Waals surface area contributed by atoms with E-state index >= 15 is 0 Å². The molecule has 1 aromatic heterocycles. The summed E-state index contributed by atoms with van der Waals surface area (Å²) >= 11 is 3.49. The Hall–Kier alpha value is -1.20. The lowest BCUT2D eigenvalue weighted by Crippen LogP contribution is -2.32. The average Bonchev–Trinajstić information content (AvgIpc) is 2.74. The molecule has 88 valence electrons. The van der Waals surface area contributed by atoms with E-state index in [0.717, 1.165) is 34.8 Å². The number of hydrogen-bond acceptors (Lipinski definition) is 3. The van der Waals surface area contributed by atoms with E-state index in [9.17, 15) is 0 Å². The highest BCUT2D eigenvalue weighted by atomic mass is 79.9. The highest BCUT2D eigenvalue weighted by Crippen LogP contribution is 2.25. The topological polar surface area (TPSA) is 42.7 Å². The zero-order valence-corrected chi connectivity index (χ0v) is 11.1. The Kier molecular flexibility index (Phi) is 2.72. The maximum absolute atomic E-state index is 4.31. The fraction of sp³-hybridized carbons (Fsp3) is 0.333. The molecule has 0 fully saturated rings. The zero-order chi connectivity index (χ0) is 11.8. The largest absolute Gasteiger partial charge is 0.308 e. The number of fused-ring (bicyclic) bond motifs is 1. The van der Waals surface area contributed by atoms with E-state index in [1.165, 1.54) is 0 Å². The lowest BCUT2D eigenvalue weighted by atomic mass is 10.2. The summed E-state index contributed by atoms with van der Waals surface area (Å²) in [6, 6.07) is 8.45. The molecule has 1 aromatic carbocycles. The summed E-state index contributed by atoms with van der Waals surface area (Å²) < 4.78 is 3.26. The van der Waals surface area contributed by atoms with E-state index in [4.69, 9.17) is 0 Å². The molecule has 0 bridgehead atoms. The van der Waals surface area contributed by atoms with Crippen LogP contribution in [0.3, 0.4) is 0 Å². The number of nitrogens with one attached hydrogen (secondary N) is 1. The van der Waals surface area contributed by atoms with Crippen molar-refractivity contribution in [2.75, 3.05) is 6.54 Å². The van der Waals surface area contributed by atoms with Crippen molar-refractivity contribution in [3.8, 4) is 11.4 Å². The molecular weight excluding hydrogens is 280 g/mol. The third kappa shape index (κ3) is 1.89. The van der Waals surface area contributed by atoms with Crippen LogP contribution in [0.2, 0.25) is 0 Å². The van der Waals surface area contributed by atoms with Gasteiger partial charge < -0.3 is 9.88 Å². The SMILES string of the molecule is CC1NCCn2c(-c3cccc(Br)c3)nnc21. The molecule has 0 saturated carbocycles. The molecule has 0 aliphatic carbocycles. The van der Waals surface area contributed by atoms with Crippen LogP contribution < -0.4 is 5.32 Å². The Morgan fingerprint density at radius 2 is 2.29 bits per heavy atom. The number of hydrogen-bond donors (Lipinski definition) is 1. The van der Waals surface area contributed by atoms with Crippen LogP contribution in [0.25, 0.3) is 11.4 Å². The lowest BCUT2D eigenvalue weighted by Gasteiger charge is -2.21. The van der Waals surface area contributed by atoms with E-state index in [2.05, 4.69) is 55.1 Å². The maximum atomic E-state index is 4.31. The molecule has 17 heavy (non-hydrogen) atoms. The Bertz CT molecular complexity index is 549. The molecule has 0 radical (unpaired) electrons. The minimum absolute atomic E-state index is 0.275. The monoisotopic (exact) mass is 292 g/mol. The molecule has 1 aliphatic heterocycles. The molecule has 0 saturated heterocycles. The highest BCUT2D eigenvalue weighted by Gasteiger charge is 2.21. The van der Waals surface area contributed by atoms with Gasteiger partial charge in [-0.25, -0.2) is 0 Å². The van der Waals surface area contributed by atoms with Gasteiger partial charge in [0.05, 0.1) is 6.04 Å². The first-order valence-corrected chi connectivity index (χ1v) is 6.47. The van der Waals surface area contributed by atoms with Crippen molar-refractivity contribution >= 4 is 15.9 Å². The molecule has 1 N–H and O–H groups in total. The quantitative estimate of drug-likeness (QED) is 0.878. The van der Waals surface area contributed by atoms with Gasteiger partial charge in [0.2, 0.25) is 0 Å². The summed E-state index contributed by atoms with van der Waals surface area (Å²) in [6.45, 7) is 4.01. The molecule has 1 unspecified atom stereocenters. The van der Waals surface area contributed by atoms with Crippen LogP contribution in [0.15, 0.2) is 28.7 Å². The summed E-state index contributed by atoms with van der Waals surface area (Å²) in [7, 11) is 0. The standard InChI is InChI=1S/C12H13BrN4/c1-8-11-15-16-12(17(11)6-5-14-8)9-3-2-4-10(13)7-9/h2-4,7-8,14H,5-6H2,1H3. The molecule has 4 nitrogen and oxygen atoms in total. The van der Waals surface area contributed by atoms with Crippen LogP contribution in [0.4, 0.5) is 0 Å². The second-order valence-corrected chi connectivity index (χ2v) is 5.14.